The fraction of sp³-hybridized carbons (Fsp3) is 1.00. The van der Waals surface area contributed by atoms with E-state index in [-0.39, 0.29) is 29.6 Å². The van der Waals surface area contributed by atoms with Gasteiger partial charge in [-0.2, -0.15) is 8.42 Å². The monoisotopic (exact) mass is 371 g/mol. The molecule has 1 radical (unpaired) electrons. The summed E-state index contributed by atoms with van der Waals surface area (Å²) in [5.74, 6) is 0. The first-order valence-corrected chi connectivity index (χ1v) is 5.18. The Balaban J connectivity index is 0. The average molecular weight is 371 g/mol. The summed E-state index contributed by atoms with van der Waals surface area (Å²) in [7, 11) is -3.77. The van der Waals surface area contributed by atoms with Gasteiger partial charge in [-0.25, -0.2) is 0 Å². The third-order valence-electron chi connectivity index (χ3n) is 0.225. The Bertz CT molecular complexity index is 139. The SMILES string of the molecule is O=S(=O)(O)C(I)I.[Na]. The maximum atomic E-state index is 9.87. The van der Waals surface area contributed by atoms with E-state index >= 15 is 0 Å². The maximum absolute atomic E-state index is 9.87. The van der Waals surface area contributed by atoms with Crippen molar-refractivity contribution < 1.29 is 13.0 Å². The molecule has 8 heavy (non-hydrogen) atoms. The third-order valence-corrected chi connectivity index (χ3v) is 4.53. The number of rotatable bonds is 1. The van der Waals surface area contributed by atoms with Gasteiger partial charge in [0.25, 0.3) is 10.1 Å². The van der Waals surface area contributed by atoms with Gasteiger partial charge in [0.05, 0.1) is 0 Å². The second kappa shape index (κ2) is 5.08. The fourth-order valence-electron chi connectivity index (χ4n) is 0. The third kappa shape index (κ3) is 6.49. The van der Waals surface area contributed by atoms with Gasteiger partial charge >= 0.3 is 0 Å². The summed E-state index contributed by atoms with van der Waals surface area (Å²) in [5, 5.41) is 0. The Kier molecular flexibility index (Phi) is 8.25. The van der Waals surface area contributed by atoms with Crippen molar-refractivity contribution in [1.82, 2.24) is 0 Å². The molecule has 0 fully saturated rings. The van der Waals surface area contributed by atoms with Crippen molar-refractivity contribution in [3.63, 3.8) is 0 Å². The molecule has 0 saturated carbocycles. The van der Waals surface area contributed by atoms with Crippen molar-refractivity contribution in [1.29, 1.82) is 0 Å². The molecule has 0 aromatic carbocycles. The zero-order valence-electron chi connectivity index (χ0n) is 4.01. The molecule has 0 aliphatic heterocycles. The van der Waals surface area contributed by atoms with Gasteiger partial charge in [0.1, 0.15) is 0 Å². The van der Waals surface area contributed by atoms with Crippen LogP contribution >= 0.6 is 45.2 Å². The van der Waals surface area contributed by atoms with E-state index in [4.69, 9.17) is 4.55 Å². The number of halogens is 2. The van der Waals surface area contributed by atoms with Gasteiger partial charge in [0.15, 0.2) is 1.26 Å². The van der Waals surface area contributed by atoms with Crippen LogP contribution in [0.25, 0.3) is 0 Å². The van der Waals surface area contributed by atoms with Crippen LogP contribution in [-0.2, 0) is 10.1 Å². The second-order valence-corrected chi connectivity index (χ2v) is 8.84. The van der Waals surface area contributed by atoms with Gasteiger partial charge in [-0.05, 0) is 0 Å². The van der Waals surface area contributed by atoms with Crippen molar-refractivity contribution in [2.24, 2.45) is 0 Å². The average Bonchev–Trinajstić information content (AvgIpc) is 1.31. The van der Waals surface area contributed by atoms with Crippen LogP contribution in [0.5, 0.6) is 0 Å². The summed E-state index contributed by atoms with van der Waals surface area (Å²) in [6, 6.07) is 0. The van der Waals surface area contributed by atoms with Crippen LogP contribution < -0.4 is 0 Å². The zero-order chi connectivity index (χ0) is 6.08. The van der Waals surface area contributed by atoms with Crippen LogP contribution in [0, 0.1) is 0 Å². The largest absolute Gasteiger partial charge is 0.286 e. The Hall–Kier alpha value is 2.37. The molecule has 0 amide bonds. The number of alkyl halides is 2. The smallest absolute Gasteiger partial charge is 0.284 e. The van der Waals surface area contributed by atoms with Gasteiger partial charge in [0, 0.05) is 29.6 Å². The molecule has 1 N–H and O–H groups in total. The van der Waals surface area contributed by atoms with E-state index in [0.717, 1.165) is 0 Å². The molecule has 0 saturated heterocycles. The molecule has 0 bridgehead atoms. The van der Waals surface area contributed by atoms with E-state index in [1.54, 1.807) is 45.2 Å². The molecule has 0 rings (SSSR count). The quantitative estimate of drug-likeness (QED) is 0.319. The first-order valence-electron chi connectivity index (χ1n) is 1.19. The molecule has 0 unspecified atom stereocenters. The van der Waals surface area contributed by atoms with Crippen LogP contribution in [0.1, 0.15) is 0 Å². The van der Waals surface area contributed by atoms with Gasteiger partial charge < -0.3 is 0 Å². The van der Waals surface area contributed by atoms with Crippen molar-refractivity contribution in [2.75, 3.05) is 0 Å². The predicted molar refractivity (Wildman–Crippen MR) is 49.1 cm³/mol. The van der Waals surface area contributed by atoms with E-state index in [0.29, 0.717) is 0 Å². The predicted octanol–water partition coefficient (Wildman–Crippen LogP) is 0.647. The van der Waals surface area contributed by atoms with Crippen LogP contribution in [-0.4, -0.2) is 43.8 Å². The van der Waals surface area contributed by atoms with Crippen LogP contribution in [0.2, 0.25) is 0 Å². The summed E-state index contributed by atoms with van der Waals surface area (Å²) >= 11 is 3.20. The fourth-order valence-corrected chi connectivity index (χ4v) is 0. The van der Waals surface area contributed by atoms with Crippen molar-refractivity contribution in [2.45, 2.75) is 1.26 Å². The van der Waals surface area contributed by atoms with Crippen LogP contribution in [0.3, 0.4) is 0 Å². The van der Waals surface area contributed by atoms with Gasteiger partial charge in [-0.15, -0.1) is 0 Å². The van der Waals surface area contributed by atoms with E-state index in [9.17, 15) is 8.42 Å². The van der Waals surface area contributed by atoms with Crippen molar-refractivity contribution in [3.05, 3.63) is 0 Å². The van der Waals surface area contributed by atoms with Crippen LogP contribution in [0.4, 0.5) is 0 Å². The summed E-state index contributed by atoms with van der Waals surface area (Å²) in [4.78, 5) is 0. The topological polar surface area (TPSA) is 54.4 Å². The standard InChI is InChI=1S/CH2I2O3S.Na/c2-1(3)7(4,5)6;/h1H,(H,4,5,6);. The molecule has 0 atom stereocenters. The Labute approximate surface area is 97.3 Å². The van der Waals surface area contributed by atoms with Gasteiger partial charge in [0.2, 0.25) is 0 Å². The number of hydrogen-bond donors (Lipinski definition) is 1. The minimum Gasteiger partial charge on any atom is -0.284 e. The summed E-state index contributed by atoms with van der Waals surface area (Å²) in [6.07, 6.45) is 0. The van der Waals surface area contributed by atoms with Crippen LogP contribution in [0.15, 0.2) is 0 Å². The Morgan fingerprint density at radius 1 is 1.38 bits per heavy atom. The molecule has 0 aliphatic carbocycles. The van der Waals surface area contributed by atoms with Crippen molar-refractivity contribution in [3.8, 4) is 0 Å². The van der Waals surface area contributed by atoms with Gasteiger partial charge in [-0.3, -0.25) is 4.55 Å². The number of hydrogen-bond acceptors (Lipinski definition) is 2. The van der Waals surface area contributed by atoms with E-state index in [2.05, 4.69) is 0 Å². The first-order chi connectivity index (χ1) is 2.94. The van der Waals surface area contributed by atoms with Gasteiger partial charge in [-0.1, -0.05) is 45.2 Å². The normalized spacial score (nSPS) is 11.0. The first kappa shape index (κ1) is 13.0. The molecular weight excluding hydrogens is 369 g/mol. The molecule has 45 valence electrons. The summed E-state index contributed by atoms with van der Waals surface area (Å²) < 4.78 is 27.1. The minimum absolute atomic E-state index is 0. The Morgan fingerprint density at radius 2 is 1.50 bits per heavy atom. The molecule has 0 aromatic heterocycles. The summed E-state index contributed by atoms with van der Waals surface area (Å²) in [6.45, 7) is 0. The molecule has 0 aromatic rings. The summed E-state index contributed by atoms with van der Waals surface area (Å²) in [5.41, 5.74) is 0. The minimum atomic E-state index is -3.77. The van der Waals surface area contributed by atoms with E-state index in [1.165, 1.54) is 0 Å². The zero-order valence-corrected chi connectivity index (χ0v) is 11.1. The second-order valence-electron chi connectivity index (χ2n) is 0.776. The molecule has 7 heteroatoms. The van der Waals surface area contributed by atoms with E-state index < -0.39 is 11.4 Å². The Morgan fingerprint density at radius 3 is 1.50 bits per heavy atom. The van der Waals surface area contributed by atoms with E-state index in [1.807, 2.05) is 0 Å². The molecular formula is CH2I2NaO3S. The molecule has 0 aliphatic rings. The maximum Gasteiger partial charge on any atom is 0.286 e. The molecule has 0 spiro atoms. The molecule has 3 nitrogen and oxygen atoms in total. The molecule has 0 heterocycles. The van der Waals surface area contributed by atoms with Crippen molar-refractivity contribution >= 4 is 84.9 Å².